The fraction of sp³-hybridized carbons (Fsp3) is 0.107. The highest BCUT2D eigenvalue weighted by atomic mass is 35.5. The number of H-pyrrole nitrogens is 1. The zero-order chi connectivity index (χ0) is 24.4. The SMILES string of the molecule is Cc1ccnc(N[C@@H](c2ccccn2)c2c(C)[nH]c3ccc(NC(=O)c4cccc(Cl)c4)cc23)c1. The Balaban J connectivity index is 1.56. The van der Waals surface area contributed by atoms with E-state index in [0.29, 0.717) is 16.3 Å². The van der Waals surface area contributed by atoms with Crippen LogP contribution in [0.1, 0.15) is 38.9 Å². The Labute approximate surface area is 208 Å². The topological polar surface area (TPSA) is 82.7 Å². The highest BCUT2D eigenvalue weighted by molar-refractivity contribution is 6.31. The highest BCUT2D eigenvalue weighted by Gasteiger charge is 2.23. The second kappa shape index (κ2) is 9.60. The zero-order valence-corrected chi connectivity index (χ0v) is 20.1. The molecule has 7 heteroatoms. The number of amides is 1. The van der Waals surface area contributed by atoms with Crippen molar-refractivity contribution in [2.45, 2.75) is 19.9 Å². The molecule has 0 bridgehead atoms. The first-order valence-electron chi connectivity index (χ1n) is 11.3. The number of pyridine rings is 2. The average Bonchev–Trinajstić information content (AvgIpc) is 3.18. The third-order valence-corrected chi connectivity index (χ3v) is 6.10. The van der Waals surface area contributed by atoms with Gasteiger partial charge in [-0.3, -0.25) is 9.78 Å². The van der Waals surface area contributed by atoms with E-state index in [0.717, 1.165) is 39.2 Å². The largest absolute Gasteiger partial charge is 0.358 e. The number of aryl methyl sites for hydroxylation is 2. The molecule has 6 nitrogen and oxygen atoms in total. The van der Waals surface area contributed by atoms with Crippen molar-refractivity contribution >= 4 is 39.9 Å². The number of carbonyl (C=O) groups excluding carboxylic acids is 1. The van der Waals surface area contributed by atoms with Crippen LogP contribution in [-0.4, -0.2) is 20.9 Å². The number of nitrogens with zero attached hydrogens (tertiary/aromatic N) is 2. The van der Waals surface area contributed by atoms with E-state index in [1.165, 1.54) is 0 Å². The van der Waals surface area contributed by atoms with Gasteiger partial charge in [0.1, 0.15) is 5.82 Å². The molecule has 0 saturated heterocycles. The fourth-order valence-electron chi connectivity index (χ4n) is 4.23. The van der Waals surface area contributed by atoms with E-state index in [2.05, 4.69) is 25.6 Å². The molecule has 5 rings (SSSR count). The number of anilines is 2. The van der Waals surface area contributed by atoms with E-state index < -0.39 is 0 Å². The lowest BCUT2D eigenvalue weighted by atomic mass is 9.99. The van der Waals surface area contributed by atoms with Crippen LogP contribution in [0.5, 0.6) is 0 Å². The van der Waals surface area contributed by atoms with E-state index in [1.807, 2.05) is 62.4 Å². The molecule has 0 saturated carbocycles. The van der Waals surface area contributed by atoms with Gasteiger partial charge in [0.05, 0.1) is 11.7 Å². The first-order chi connectivity index (χ1) is 17.0. The monoisotopic (exact) mass is 481 g/mol. The lowest BCUT2D eigenvalue weighted by Gasteiger charge is -2.20. The molecule has 3 aromatic heterocycles. The molecule has 5 aromatic rings. The molecule has 3 heterocycles. The highest BCUT2D eigenvalue weighted by Crippen LogP contribution is 2.35. The Hall–Kier alpha value is -4.16. The molecule has 35 heavy (non-hydrogen) atoms. The molecule has 0 aliphatic carbocycles. The van der Waals surface area contributed by atoms with E-state index in [9.17, 15) is 4.79 Å². The number of aromatic nitrogens is 3. The van der Waals surface area contributed by atoms with Crippen molar-refractivity contribution < 1.29 is 4.79 Å². The average molecular weight is 482 g/mol. The summed E-state index contributed by atoms with van der Waals surface area (Å²) in [6.45, 7) is 4.08. The number of halogens is 1. The van der Waals surface area contributed by atoms with Gasteiger partial charge in [-0.25, -0.2) is 4.98 Å². The summed E-state index contributed by atoms with van der Waals surface area (Å²) in [6, 6.07) is 22.3. The zero-order valence-electron chi connectivity index (χ0n) is 19.3. The fourth-order valence-corrected chi connectivity index (χ4v) is 4.42. The Bertz CT molecular complexity index is 1510. The van der Waals surface area contributed by atoms with Crippen molar-refractivity contribution in [3.8, 4) is 0 Å². The van der Waals surface area contributed by atoms with Gasteiger partial charge in [-0.15, -0.1) is 0 Å². The molecular weight excluding hydrogens is 458 g/mol. The van der Waals surface area contributed by atoms with Crippen molar-refractivity contribution in [3.05, 3.63) is 118 Å². The van der Waals surface area contributed by atoms with Gasteiger partial charge in [-0.2, -0.15) is 0 Å². The summed E-state index contributed by atoms with van der Waals surface area (Å²) in [5.41, 5.74) is 6.20. The second-order valence-electron chi connectivity index (χ2n) is 8.44. The molecule has 0 spiro atoms. The standard InChI is InChI=1S/C28H24ClN5O/c1-17-11-13-31-25(14-17)34-27(24-8-3-4-12-30-24)26-18(2)32-23-10-9-21(16-22(23)26)33-28(35)19-6-5-7-20(29)15-19/h3-16,27,32H,1-2H3,(H,31,34)(H,33,35)/t27-/m0/s1. The van der Waals surface area contributed by atoms with Crippen molar-refractivity contribution in [1.29, 1.82) is 0 Å². The van der Waals surface area contributed by atoms with Crippen molar-refractivity contribution in [2.24, 2.45) is 0 Å². The van der Waals surface area contributed by atoms with Crippen LogP contribution in [0.4, 0.5) is 11.5 Å². The predicted octanol–water partition coefficient (Wildman–Crippen LogP) is 6.68. The van der Waals surface area contributed by atoms with Gasteiger partial charge in [0.15, 0.2) is 0 Å². The molecule has 174 valence electrons. The molecule has 2 aromatic carbocycles. The smallest absolute Gasteiger partial charge is 0.255 e. The van der Waals surface area contributed by atoms with Gasteiger partial charge < -0.3 is 15.6 Å². The van der Waals surface area contributed by atoms with Crippen LogP contribution in [0.15, 0.2) is 85.2 Å². The number of rotatable bonds is 6. The van der Waals surface area contributed by atoms with Crippen LogP contribution in [0.2, 0.25) is 5.02 Å². The summed E-state index contributed by atoms with van der Waals surface area (Å²) in [6.07, 6.45) is 3.58. The van der Waals surface area contributed by atoms with E-state index in [4.69, 9.17) is 11.6 Å². The summed E-state index contributed by atoms with van der Waals surface area (Å²) >= 11 is 6.06. The summed E-state index contributed by atoms with van der Waals surface area (Å²) < 4.78 is 0. The molecule has 1 amide bonds. The summed E-state index contributed by atoms with van der Waals surface area (Å²) in [4.78, 5) is 25.4. The molecular formula is C28H24ClN5O. The minimum atomic E-state index is -0.252. The number of hydrogen-bond acceptors (Lipinski definition) is 4. The second-order valence-corrected chi connectivity index (χ2v) is 8.88. The molecule has 0 aliphatic rings. The quantitative estimate of drug-likeness (QED) is 0.252. The first kappa shape index (κ1) is 22.6. The summed E-state index contributed by atoms with van der Waals surface area (Å²) in [5.74, 6) is 0.545. The maximum absolute atomic E-state index is 12.8. The van der Waals surface area contributed by atoms with Crippen LogP contribution in [0, 0.1) is 13.8 Å². The maximum atomic E-state index is 12.8. The molecule has 3 N–H and O–H groups in total. The van der Waals surface area contributed by atoms with E-state index >= 15 is 0 Å². The molecule has 0 radical (unpaired) electrons. The van der Waals surface area contributed by atoms with E-state index in [1.54, 1.807) is 36.7 Å². The van der Waals surface area contributed by atoms with Gasteiger partial charge in [0, 0.05) is 50.8 Å². The minimum Gasteiger partial charge on any atom is -0.358 e. The van der Waals surface area contributed by atoms with Gasteiger partial charge in [0.25, 0.3) is 5.91 Å². The minimum absolute atomic E-state index is 0.219. The Morgan fingerprint density at radius 3 is 2.60 bits per heavy atom. The van der Waals surface area contributed by atoms with Crippen molar-refractivity contribution in [2.75, 3.05) is 10.6 Å². The number of aromatic amines is 1. The first-order valence-corrected chi connectivity index (χ1v) is 11.6. The van der Waals surface area contributed by atoms with Crippen LogP contribution in [-0.2, 0) is 0 Å². The molecule has 1 atom stereocenters. The van der Waals surface area contributed by atoms with Gasteiger partial charge in [-0.05, 0) is 80.1 Å². The lowest BCUT2D eigenvalue weighted by Crippen LogP contribution is -2.15. The Kier molecular flexibility index (Phi) is 6.21. The van der Waals surface area contributed by atoms with Crippen molar-refractivity contribution in [1.82, 2.24) is 15.0 Å². The third-order valence-electron chi connectivity index (χ3n) is 5.86. The van der Waals surface area contributed by atoms with Crippen LogP contribution in [0.25, 0.3) is 10.9 Å². The van der Waals surface area contributed by atoms with Gasteiger partial charge in [-0.1, -0.05) is 23.7 Å². The predicted molar refractivity (Wildman–Crippen MR) is 141 cm³/mol. The van der Waals surface area contributed by atoms with Crippen LogP contribution in [0.3, 0.4) is 0 Å². The normalized spacial score (nSPS) is 11.9. The van der Waals surface area contributed by atoms with Crippen molar-refractivity contribution in [3.63, 3.8) is 0 Å². The number of hydrogen-bond donors (Lipinski definition) is 3. The van der Waals surface area contributed by atoms with E-state index in [-0.39, 0.29) is 11.9 Å². The summed E-state index contributed by atoms with van der Waals surface area (Å²) in [5, 5.41) is 8.07. The van der Waals surface area contributed by atoms with Gasteiger partial charge >= 0.3 is 0 Å². The number of benzene rings is 2. The Morgan fingerprint density at radius 2 is 1.83 bits per heavy atom. The molecule has 0 unspecified atom stereocenters. The maximum Gasteiger partial charge on any atom is 0.255 e. The summed E-state index contributed by atoms with van der Waals surface area (Å²) in [7, 11) is 0. The number of carbonyl (C=O) groups is 1. The molecule has 0 aliphatic heterocycles. The third kappa shape index (κ3) is 4.88. The lowest BCUT2D eigenvalue weighted by molar-refractivity contribution is 0.102. The number of fused-ring (bicyclic) bond motifs is 1. The van der Waals surface area contributed by atoms with Gasteiger partial charge in [0.2, 0.25) is 0 Å². The Morgan fingerprint density at radius 1 is 0.943 bits per heavy atom. The van der Waals surface area contributed by atoms with Crippen LogP contribution < -0.4 is 10.6 Å². The molecule has 0 fully saturated rings. The number of nitrogens with one attached hydrogen (secondary N) is 3. The van der Waals surface area contributed by atoms with Crippen LogP contribution >= 0.6 is 11.6 Å².